The van der Waals surface area contributed by atoms with Crippen molar-refractivity contribution in [2.45, 2.75) is 5.03 Å². The molecule has 0 aliphatic heterocycles. The molecule has 0 saturated carbocycles. The molecule has 0 radical (unpaired) electrons. The Bertz CT molecular complexity index is 800. The van der Waals surface area contributed by atoms with Crippen LogP contribution in [0.15, 0.2) is 32.3 Å². The first-order valence-electron chi connectivity index (χ1n) is 5.24. The standard InChI is InChI=1S/C9H7Br2N5O4S/c1-15-9(8(11)12-14-15)21(19,20)13-5-2-3-6(10)7(4-5)16(17)18/h2-4,13H,1H3. The summed E-state index contributed by atoms with van der Waals surface area (Å²) in [7, 11) is -2.57. The zero-order valence-corrected chi connectivity index (χ0v) is 14.3. The summed E-state index contributed by atoms with van der Waals surface area (Å²) in [6, 6.07) is 3.89. The third-order valence-corrected chi connectivity index (χ3v) is 5.32. The largest absolute Gasteiger partial charge is 0.285 e. The fourth-order valence-corrected chi connectivity index (χ4v) is 4.07. The van der Waals surface area contributed by atoms with Crippen molar-refractivity contribution in [2.75, 3.05) is 4.72 Å². The minimum Gasteiger partial charge on any atom is -0.278 e. The molecule has 0 aliphatic carbocycles. The summed E-state index contributed by atoms with van der Waals surface area (Å²) in [4.78, 5) is 10.2. The fraction of sp³-hybridized carbons (Fsp3) is 0.111. The Hall–Kier alpha value is -1.53. The van der Waals surface area contributed by atoms with E-state index in [1.807, 2.05) is 0 Å². The number of hydrogen-bond acceptors (Lipinski definition) is 6. The second-order valence-electron chi connectivity index (χ2n) is 3.84. The van der Waals surface area contributed by atoms with Crippen LogP contribution in [0.4, 0.5) is 11.4 Å². The van der Waals surface area contributed by atoms with Crippen LogP contribution in [-0.4, -0.2) is 28.3 Å². The van der Waals surface area contributed by atoms with Gasteiger partial charge in [-0.05, 0) is 44.0 Å². The molecule has 0 amide bonds. The maximum atomic E-state index is 12.2. The molecular weight excluding hydrogens is 434 g/mol. The van der Waals surface area contributed by atoms with E-state index in [0.717, 1.165) is 10.7 Å². The predicted octanol–water partition coefficient (Wildman–Crippen LogP) is 2.05. The molecule has 9 nitrogen and oxygen atoms in total. The number of halogens is 2. The van der Waals surface area contributed by atoms with Gasteiger partial charge < -0.3 is 0 Å². The highest BCUT2D eigenvalue weighted by Crippen LogP contribution is 2.29. The molecule has 0 unspecified atom stereocenters. The summed E-state index contributed by atoms with van der Waals surface area (Å²) >= 11 is 6.01. The first-order chi connectivity index (χ1) is 9.72. The van der Waals surface area contributed by atoms with E-state index in [9.17, 15) is 18.5 Å². The van der Waals surface area contributed by atoms with Crippen LogP contribution in [0.25, 0.3) is 0 Å². The minimum atomic E-state index is -3.98. The average Bonchev–Trinajstić information content (AvgIpc) is 2.71. The van der Waals surface area contributed by atoms with Gasteiger partial charge in [-0.3, -0.25) is 14.8 Å². The lowest BCUT2D eigenvalue weighted by Gasteiger charge is -2.08. The van der Waals surface area contributed by atoms with Gasteiger partial charge in [-0.25, -0.2) is 4.68 Å². The van der Waals surface area contributed by atoms with E-state index in [1.165, 1.54) is 19.2 Å². The highest BCUT2D eigenvalue weighted by Gasteiger charge is 2.25. The number of hydrogen-bond donors (Lipinski definition) is 1. The Morgan fingerprint density at radius 1 is 1.38 bits per heavy atom. The van der Waals surface area contributed by atoms with E-state index in [0.29, 0.717) is 0 Å². The lowest BCUT2D eigenvalue weighted by molar-refractivity contribution is -0.385. The molecule has 1 N–H and O–H groups in total. The Kier molecular flexibility index (Phi) is 4.30. The number of nitrogens with zero attached hydrogens (tertiary/aromatic N) is 4. The van der Waals surface area contributed by atoms with Crippen LogP contribution in [0.1, 0.15) is 0 Å². The summed E-state index contributed by atoms with van der Waals surface area (Å²) in [5.74, 6) is 0. The van der Waals surface area contributed by atoms with Crippen molar-refractivity contribution in [3.8, 4) is 0 Å². The van der Waals surface area contributed by atoms with Crippen LogP contribution in [0, 0.1) is 10.1 Å². The molecule has 2 rings (SSSR count). The molecule has 0 fully saturated rings. The van der Waals surface area contributed by atoms with Crippen molar-refractivity contribution in [3.63, 3.8) is 0 Å². The quantitative estimate of drug-likeness (QED) is 0.573. The second-order valence-corrected chi connectivity index (χ2v) is 7.04. The van der Waals surface area contributed by atoms with Gasteiger partial charge in [0.15, 0.2) is 4.60 Å². The van der Waals surface area contributed by atoms with Gasteiger partial charge in [0.05, 0.1) is 15.1 Å². The van der Waals surface area contributed by atoms with Gasteiger partial charge >= 0.3 is 0 Å². The van der Waals surface area contributed by atoms with Crippen molar-refractivity contribution < 1.29 is 13.3 Å². The van der Waals surface area contributed by atoms with Crippen molar-refractivity contribution in [1.82, 2.24) is 15.0 Å². The summed E-state index contributed by atoms with van der Waals surface area (Å²) in [6.45, 7) is 0. The summed E-state index contributed by atoms with van der Waals surface area (Å²) in [5.41, 5.74) is -0.199. The molecule has 0 saturated heterocycles. The van der Waals surface area contributed by atoms with E-state index in [4.69, 9.17) is 0 Å². The molecule has 1 aromatic carbocycles. The molecule has 1 aromatic heterocycles. The minimum absolute atomic E-state index is 0.0455. The van der Waals surface area contributed by atoms with E-state index in [2.05, 4.69) is 46.9 Å². The van der Waals surface area contributed by atoms with E-state index in [1.54, 1.807) is 0 Å². The SMILES string of the molecule is Cn1nnc(Br)c1S(=O)(=O)Nc1ccc(Br)c([N+](=O)[O-])c1. The predicted molar refractivity (Wildman–Crippen MR) is 80.3 cm³/mol. The van der Waals surface area contributed by atoms with Gasteiger partial charge in [0, 0.05) is 13.1 Å². The Morgan fingerprint density at radius 2 is 2.05 bits per heavy atom. The first-order valence-corrected chi connectivity index (χ1v) is 8.31. The Labute approximate surface area is 135 Å². The smallest absolute Gasteiger partial charge is 0.278 e. The zero-order chi connectivity index (χ0) is 15.8. The molecule has 2 aromatic rings. The molecule has 21 heavy (non-hydrogen) atoms. The molecule has 0 atom stereocenters. The molecular formula is C9H7Br2N5O4S. The first kappa shape index (κ1) is 15.9. The molecule has 12 heteroatoms. The average molecular weight is 441 g/mol. The molecule has 0 bridgehead atoms. The van der Waals surface area contributed by atoms with E-state index in [-0.39, 0.29) is 25.5 Å². The van der Waals surface area contributed by atoms with Gasteiger partial charge in [0.1, 0.15) is 0 Å². The number of sulfonamides is 1. The Balaban J connectivity index is 2.42. The van der Waals surface area contributed by atoms with Gasteiger partial charge in [0.25, 0.3) is 15.7 Å². The maximum Gasteiger partial charge on any atom is 0.285 e. The third kappa shape index (κ3) is 3.22. The number of aryl methyl sites for hydroxylation is 1. The lowest BCUT2D eigenvalue weighted by Crippen LogP contribution is -2.17. The van der Waals surface area contributed by atoms with Gasteiger partial charge in [-0.1, -0.05) is 5.21 Å². The summed E-state index contributed by atoms with van der Waals surface area (Å²) < 4.78 is 28.1. The summed E-state index contributed by atoms with van der Waals surface area (Å²) in [5, 5.41) is 17.8. The van der Waals surface area contributed by atoms with E-state index >= 15 is 0 Å². The number of nitrogens with one attached hydrogen (secondary N) is 1. The van der Waals surface area contributed by atoms with Crippen LogP contribution in [0.3, 0.4) is 0 Å². The van der Waals surface area contributed by atoms with Crippen LogP contribution in [-0.2, 0) is 17.1 Å². The molecule has 0 spiro atoms. The number of nitro groups is 1. The molecule has 112 valence electrons. The number of rotatable bonds is 4. The van der Waals surface area contributed by atoms with Crippen LogP contribution < -0.4 is 4.72 Å². The number of nitro benzene ring substituents is 1. The molecule has 1 heterocycles. The van der Waals surface area contributed by atoms with E-state index < -0.39 is 14.9 Å². The van der Waals surface area contributed by atoms with Gasteiger partial charge in [0.2, 0.25) is 5.03 Å². The highest BCUT2D eigenvalue weighted by atomic mass is 79.9. The Morgan fingerprint density at radius 3 is 2.57 bits per heavy atom. The number of benzene rings is 1. The fourth-order valence-electron chi connectivity index (χ4n) is 1.53. The van der Waals surface area contributed by atoms with Crippen LogP contribution in [0.5, 0.6) is 0 Å². The zero-order valence-electron chi connectivity index (χ0n) is 10.3. The van der Waals surface area contributed by atoms with Crippen LogP contribution in [0.2, 0.25) is 0 Å². The topological polar surface area (TPSA) is 120 Å². The van der Waals surface area contributed by atoms with Crippen molar-refractivity contribution in [2.24, 2.45) is 7.05 Å². The highest BCUT2D eigenvalue weighted by molar-refractivity contribution is 9.10. The monoisotopic (exact) mass is 439 g/mol. The second kappa shape index (κ2) is 5.69. The maximum absolute atomic E-state index is 12.2. The third-order valence-electron chi connectivity index (χ3n) is 2.39. The van der Waals surface area contributed by atoms with Gasteiger partial charge in [-0.2, -0.15) is 8.42 Å². The van der Waals surface area contributed by atoms with Crippen molar-refractivity contribution in [3.05, 3.63) is 37.4 Å². The number of aromatic nitrogens is 3. The molecule has 0 aliphatic rings. The number of anilines is 1. The van der Waals surface area contributed by atoms with Gasteiger partial charge in [-0.15, -0.1) is 5.10 Å². The summed E-state index contributed by atoms with van der Waals surface area (Å²) in [6.07, 6.45) is 0. The normalized spacial score (nSPS) is 11.4. The van der Waals surface area contributed by atoms with Crippen LogP contribution >= 0.6 is 31.9 Å². The van der Waals surface area contributed by atoms with Crippen molar-refractivity contribution >= 4 is 53.3 Å². The lowest BCUT2D eigenvalue weighted by atomic mass is 10.3. The van der Waals surface area contributed by atoms with Crippen molar-refractivity contribution in [1.29, 1.82) is 0 Å².